The SMILES string of the molecule is C.Cc1ccc(CNc2cc(=O)n(C)c(=O)[nH]2)cc1C. The van der Waals surface area contributed by atoms with Crippen LogP contribution in [0.25, 0.3) is 0 Å². The van der Waals surface area contributed by atoms with Crippen LogP contribution in [0.15, 0.2) is 33.9 Å². The first-order valence-electron chi connectivity index (χ1n) is 6.08. The number of nitrogens with one attached hydrogen (secondary N) is 2. The highest BCUT2D eigenvalue weighted by molar-refractivity contribution is 5.36. The van der Waals surface area contributed by atoms with Gasteiger partial charge in [-0.05, 0) is 30.5 Å². The lowest BCUT2D eigenvalue weighted by atomic mass is 10.1. The van der Waals surface area contributed by atoms with Crippen LogP contribution in [0.3, 0.4) is 0 Å². The molecule has 2 aromatic rings. The van der Waals surface area contributed by atoms with Gasteiger partial charge in [0.05, 0.1) is 0 Å². The Morgan fingerprint density at radius 2 is 1.85 bits per heavy atom. The zero-order valence-electron chi connectivity index (χ0n) is 11.3. The predicted octanol–water partition coefficient (Wildman–Crippen LogP) is 1.94. The lowest BCUT2D eigenvalue weighted by Crippen LogP contribution is -2.32. The van der Waals surface area contributed by atoms with Crippen LogP contribution >= 0.6 is 0 Å². The second-order valence-electron chi connectivity index (χ2n) is 4.66. The number of benzene rings is 1. The van der Waals surface area contributed by atoms with Gasteiger partial charge >= 0.3 is 5.69 Å². The lowest BCUT2D eigenvalue weighted by molar-refractivity contribution is 0.776. The number of anilines is 1. The molecule has 2 N–H and O–H groups in total. The Kier molecular flexibility index (Phi) is 4.91. The fourth-order valence-corrected chi connectivity index (χ4v) is 1.76. The molecule has 5 heteroatoms. The molecule has 1 aromatic carbocycles. The summed E-state index contributed by atoms with van der Waals surface area (Å²) in [4.78, 5) is 25.5. The summed E-state index contributed by atoms with van der Waals surface area (Å²) >= 11 is 0. The van der Waals surface area contributed by atoms with Crippen LogP contribution in [-0.2, 0) is 13.6 Å². The smallest absolute Gasteiger partial charge is 0.329 e. The minimum Gasteiger partial charge on any atom is -0.367 e. The summed E-state index contributed by atoms with van der Waals surface area (Å²) in [5.74, 6) is 0.436. The van der Waals surface area contributed by atoms with Gasteiger partial charge in [0, 0.05) is 19.7 Å². The Morgan fingerprint density at radius 1 is 1.15 bits per heavy atom. The van der Waals surface area contributed by atoms with Crippen molar-refractivity contribution in [2.75, 3.05) is 5.32 Å². The molecule has 1 heterocycles. The van der Waals surface area contributed by atoms with Crippen LogP contribution in [0.2, 0.25) is 0 Å². The van der Waals surface area contributed by atoms with Crippen LogP contribution in [0.5, 0.6) is 0 Å². The Balaban J connectivity index is 0.00000200. The quantitative estimate of drug-likeness (QED) is 0.899. The second kappa shape index (κ2) is 6.23. The first-order chi connectivity index (χ1) is 8.97. The molecule has 5 nitrogen and oxygen atoms in total. The molecule has 0 saturated carbocycles. The number of hydrogen-bond donors (Lipinski definition) is 2. The highest BCUT2D eigenvalue weighted by Crippen LogP contribution is 2.10. The first-order valence-corrected chi connectivity index (χ1v) is 6.08. The van der Waals surface area contributed by atoms with Crippen molar-refractivity contribution in [1.82, 2.24) is 9.55 Å². The molecule has 0 atom stereocenters. The minimum atomic E-state index is -0.421. The average Bonchev–Trinajstić information content (AvgIpc) is 2.37. The number of hydrogen-bond acceptors (Lipinski definition) is 3. The summed E-state index contributed by atoms with van der Waals surface area (Å²) in [6.45, 7) is 4.67. The third kappa shape index (κ3) is 3.38. The van der Waals surface area contributed by atoms with Crippen LogP contribution in [0.4, 0.5) is 5.82 Å². The molecule has 0 aliphatic rings. The molecule has 0 unspecified atom stereocenters. The lowest BCUT2D eigenvalue weighted by Gasteiger charge is -2.08. The summed E-state index contributed by atoms with van der Waals surface area (Å²) < 4.78 is 1.03. The van der Waals surface area contributed by atoms with Crippen LogP contribution in [0, 0.1) is 13.8 Å². The monoisotopic (exact) mass is 275 g/mol. The van der Waals surface area contributed by atoms with E-state index in [1.165, 1.54) is 24.2 Å². The van der Waals surface area contributed by atoms with E-state index in [0.717, 1.165) is 10.1 Å². The van der Waals surface area contributed by atoms with Gasteiger partial charge < -0.3 is 5.32 Å². The molecule has 0 spiro atoms. The standard InChI is InChI=1S/C14H17N3O2.CH4/c1-9-4-5-11(6-10(9)2)8-15-12-7-13(18)17(3)14(19)16-12;/h4-7,15H,8H2,1-3H3,(H,16,19);1H4. The summed E-state index contributed by atoms with van der Waals surface area (Å²) in [6.07, 6.45) is 0. The zero-order valence-corrected chi connectivity index (χ0v) is 11.3. The third-order valence-corrected chi connectivity index (χ3v) is 3.20. The normalized spacial score (nSPS) is 9.95. The van der Waals surface area contributed by atoms with Gasteiger partial charge in [0.25, 0.3) is 5.56 Å². The first kappa shape index (κ1) is 15.8. The maximum Gasteiger partial charge on any atom is 0.329 e. The van der Waals surface area contributed by atoms with Crippen molar-refractivity contribution in [2.24, 2.45) is 7.05 Å². The van der Waals surface area contributed by atoms with Crippen molar-refractivity contribution >= 4 is 5.82 Å². The molecule has 108 valence electrons. The van der Waals surface area contributed by atoms with E-state index in [2.05, 4.69) is 36.3 Å². The third-order valence-electron chi connectivity index (χ3n) is 3.20. The van der Waals surface area contributed by atoms with E-state index in [9.17, 15) is 9.59 Å². The topological polar surface area (TPSA) is 66.9 Å². The highest BCUT2D eigenvalue weighted by atomic mass is 16.2. The van der Waals surface area contributed by atoms with Crippen molar-refractivity contribution in [3.63, 3.8) is 0 Å². The molecule has 1 aromatic heterocycles. The number of aryl methyl sites for hydroxylation is 2. The van der Waals surface area contributed by atoms with E-state index in [1.807, 2.05) is 6.07 Å². The van der Waals surface area contributed by atoms with Gasteiger partial charge in [-0.2, -0.15) is 0 Å². The van der Waals surface area contributed by atoms with E-state index < -0.39 is 5.69 Å². The molecule has 0 aliphatic carbocycles. The number of H-pyrrole nitrogens is 1. The van der Waals surface area contributed by atoms with Gasteiger partial charge in [-0.3, -0.25) is 14.3 Å². The maximum absolute atomic E-state index is 11.5. The molecular weight excluding hydrogens is 254 g/mol. The van der Waals surface area contributed by atoms with Crippen molar-refractivity contribution in [3.05, 3.63) is 61.8 Å². The van der Waals surface area contributed by atoms with Gasteiger partial charge in [-0.1, -0.05) is 25.6 Å². The van der Waals surface area contributed by atoms with E-state index in [0.29, 0.717) is 12.4 Å². The van der Waals surface area contributed by atoms with E-state index >= 15 is 0 Å². The van der Waals surface area contributed by atoms with E-state index in [1.54, 1.807) is 0 Å². The molecule has 0 aliphatic heterocycles. The van der Waals surface area contributed by atoms with Crippen LogP contribution in [0.1, 0.15) is 24.1 Å². The van der Waals surface area contributed by atoms with Gasteiger partial charge in [0.1, 0.15) is 5.82 Å². The molecule has 0 amide bonds. The Labute approximate surface area is 118 Å². The minimum absolute atomic E-state index is 0. The molecule has 0 bridgehead atoms. The second-order valence-corrected chi connectivity index (χ2v) is 4.66. The molecule has 0 saturated heterocycles. The number of aromatic amines is 1. The molecule has 20 heavy (non-hydrogen) atoms. The summed E-state index contributed by atoms with van der Waals surface area (Å²) in [5, 5.41) is 3.05. The number of nitrogens with zero attached hydrogens (tertiary/aromatic N) is 1. The largest absolute Gasteiger partial charge is 0.367 e. The predicted molar refractivity (Wildman–Crippen MR) is 82.3 cm³/mol. The maximum atomic E-state index is 11.5. The highest BCUT2D eigenvalue weighted by Gasteiger charge is 2.01. The van der Waals surface area contributed by atoms with Crippen molar-refractivity contribution in [3.8, 4) is 0 Å². The summed E-state index contributed by atoms with van der Waals surface area (Å²) in [5.41, 5.74) is 2.81. The molecule has 0 fully saturated rings. The molecular formula is C15H21N3O2. The van der Waals surface area contributed by atoms with Gasteiger partial charge in [-0.15, -0.1) is 0 Å². The Morgan fingerprint density at radius 3 is 2.45 bits per heavy atom. The fraction of sp³-hybridized carbons (Fsp3) is 0.333. The summed E-state index contributed by atoms with van der Waals surface area (Å²) in [7, 11) is 1.44. The zero-order chi connectivity index (χ0) is 14.0. The van der Waals surface area contributed by atoms with Gasteiger partial charge in [-0.25, -0.2) is 4.79 Å². The van der Waals surface area contributed by atoms with Gasteiger partial charge in [0.2, 0.25) is 0 Å². The summed E-state index contributed by atoms with van der Waals surface area (Å²) in [6, 6.07) is 7.54. The Bertz CT molecular complexity index is 683. The van der Waals surface area contributed by atoms with E-state index in [-0.39, 0.29) is 13.0 Å². The van der Waals surface area contributed by atoms with Crippen molar-refractivity contribution in [2.45, 2.75) is 27.8 Å². The molecule has 2 rings (SSSR count). The van der Waals surface area contributed by atoms with Gasteiger partial charge in [0.15, 0.2) is 0 Å². The van der Waals surface area contributed by atoms with Crippen molar-refractivity contribution < 1.29 is 0 Å². The molecule has 0 radical (unpaired) electrons. The van der Waals surface area contributed by atoms with Crippen LogP contribution < -0.4 is 16.6 Å². The van der Waals surface area contributed by atoms with E-state index in [4.69, 9.17) is 0 Å². The number of aromatic nitrogens is 2. The average molecular weight is 275 g/mol. The fourth-order valence-electron chi connectivity index (χ4n) is 1.76. The number of rotatable bonds is 3. The van der Waals surface area contributed by atoms with Crippen LogP contribution in [-0.4, -0.2) is 9.55 Å². The van der Waals surface area contributed by atoms with Crippen molar-refractivity contribution in [1.29, 1.82) is 0 Å². The Hall–Kier alpha value is -2.30.